The van der Waals surface area contributed by atoms with Crippen molar-refractivity contribution in [1.29, 1.82) is 0 Å². The second-order valence-electron chi connectivity index (χ2n) is 5.93. The van der Waals surface area contributed by atoms with Gasteiger partial charge in [0.1, 0.15) is 18.0 Å². The first-order chi connectivity index (χ1) is 10.0. The molecule has 2 rings (SSSR count). The van der Waals surface area contributed by atoms with Crippen LogP contribution in [0.25, 0.3) is 0 Å². The summed E-state index contributed by atoms with van der Waals surface area (Å²) in [6.07, 6.45) is 1.19. The zero-order valence-electron chi connectivity index (χ0n) is 13.3. The van der Waals surface area contributed by atoms with E-state index in [9.17, 15) is 0 Å². The molecule has 1 aliphatic carbocycles. The summed E-state index contributed by atoms with van der Waals surface area (Å²) in [7, 11) is 1.69. The molecule has 0 bridgehead atoms. The Balaban J connectivity index is 2.02. The van der Waals surface area contributed by atoms with Crippen molar-refractivity contribution in [2.45, 2.75) is 50.1 Å². The van der Waals surface area contributed by atoms with Crippen LogP contribution in [0.15, 0.2) is 18.2 Å². The predicted molar refractivity (Wildman–Crippen MR) is 88.6 cm³/mol. The Morgan fingerprint density at radius 3 is 2.67 bits per heavy atom. The molecule has 0 heterocycles. The molecule has 118 valence electrons. The van der Waals surface area contributed by atoms with Gasteiger partial charge in [0.15, 0.2) is 0 Å². The van der Waals surface area contributed by atoms with Gasteiger partial charge in [-0.25, -0.2) is 0 Å². The second kappa shape index (κ2) is 7.61. The molecule has 1 aromatic carbocycles. The van der Waals surface area contributed by atoms with E-state index >= 15 is 0 Å². The Kier molecular flexibility index (Phi) is 6.08. The molecule has 3 nitrogen and oxygen atoms in total. The van der Waals surface area contributed by atoms with Gasteiger partial charge < -0.3 is 14.2 Å². The molecule has 4 heteroatoms. The highest BCUT2D eigenvalue weighted by atomic mass is 79.9. The largest absolute Gasteiger partial charge is 0.487 e. The van der Waals surface area contributed by atoms with Gasteiger partial charge in [-0.3, -0.25) is 0 Å². The van der Waals surface area contributed by atoms with E-state index in [4.69, 9.17) is 14.2 Å². The van der Waals surface area contributed by atoms with Gasteiger partial charge in [0.05, 0.1) is 13.2 Å². The lowest BCUT2D eigenvalue weighted by atomic mass is 9.91. The Labute approximate surface area is 136 Å². The fourth-order valence-electron chi connectivity index (χ4n) is 2.51. The maximum absolute atomic E-state index is 6.24. The molecule has 1 aliphatic rings. The molecule has 0 spiro atoms. The quantitative estimate of drug-likeness (QED) is 0.544. The molecular weight excluding hydrogens is 332 g/mol. The molecule has 0 aromatic heterocycles. The summed E-state index contributed by atoms with van der Waals surface area (Å²) in [5, 5.41) is 0. The van der Waals surface area contributed by atoms with Crippen molar-refractivity contribution in [2.75, 3.05) is 20.3 Å². The van der Waals surface area contributed by atoms with Gasteiger partial charge in [-0.1, -0.05) is 41.9 Å². The summed E-state index contributed by atoms with van der Waals surface area (Å²) in [5.41, 5.74) is 2.48. The molecule has 21 heavy (non-hydrogen) atoms. The van der Waals surface area contributed by atoms with Crippen LogP contribution in [0.1, 0.15) is 37.3 Å². The van der Waals surface area contributed by atoms with Gasteiger partial charge in [-0.15, -0.1) is 0 Å². The minimum atomic E-state index is 0.0978. The van der Waals surface area contributed by atoms with Crippen LogP contribution in [0.5, 0.6) is 5.75 Å². The van der Waals surface area contributed by atoms with E-state index in [-0.39, 0.29) is 12.2 Å². The number of rotatable bonds is 7. The van der Waals surface area contributed by atoms with E-state index in [2.05, 4.69) is 54.9 Å². The number of aryl methyl sites for hydroxylation is 1. The van der Waals surface area contributed by atoms with Crippen LogP contribution < -0.4 is 4.74 Å². The maximum atomic E-state index is 6.24. The van der Waals surface area contributed by atoms with Gasteiger partial charge in [-0.05, 0) is 30.0 Å². The van der Waals surface area contributed by atoms with E-state index in [0.717, 1.165) is 12.2 Å². The van der Waals surface area contributed by atoms with Crippen LogP contribution in [0.2, 0.25) is 0 Å². The van der Waals surface area contributed by atoms with Crippen LogP contribution in [0.3, 0.4) is 0 Å². The zero-order chi connectivity index (χ0) is 15.4. The second-order valence-corrected chi connectivity index (χ2v) is 7.11. The molecular formula is C17H25BrO3. The topological polar surface area (TPSA) is 27.7 Å². The minimum absolute atomic E-state index is 0.0978. The van der Waals surface area contributed by atoms with Crippen LogP contribution in [0, 0.1) is 6.92 Å². The number of benzene rings is 1. The average Bonchev–Trinajstić information content (AvgIpc) is 2.43. The zero-order valence-corrected chi connectivity index (χ0v) is 14.9. The summed E-state index contributed by atoms with van der Waals surface area (Å²) >= 11 is 3.65. The molecule has 0 saturated heterocycles. The van der Waals surface area contributed by atoms with Gasteiger partial charge >= 0.3 is 0 Å². The lowest BCUT2D eigenvalue weighted by molar-refractivity contribution is -0.0868. The number of alkyl halides is 1. The van der Waals surface area contributed by atoms with Crippen molar-refractivity contribution in [3.05, 3.63) is 29.3 Å². The molecule has 1 aromatic rings. The summed E-state index contributed by atoms with van der Waals surface area (Å²) in [6, 6.07) is 6.44. The Hall–Kier alpha value is -0.580. The number of ether oxygens (including phenoxy) is 3. The molecule has 3 unspecified atom stereocenters. The third-order valence-electron chi connectivity index (χ3n) is 3.85. The van der Waals surface area contributed by atoms with E-state index < -0.39 is 0 Å². The summed E-state index contributed by atoms with van der Waals surface area (Å²) in [4.78, 5) is 0.367. The Bertz CT molecular complexity index is 461. The van der Waals surface area contributed by atoms with E-state index in [1.807, 2.05) is 0 Å². The van der Waals surface area contributed by atoms with Crippen molar-refractivity contribution in [1.82, 2.24) is 0 Å². The summed E-state index contributed by atoms with van der Waals surface area (Å²) in [6.45, 7) is 7.70. The van der Waals surface area contributed by atoms with Crippen molar-refractivity contribution in [2.24, 2.45) is 0 Å². The van der Waals surface area contributed by atoms with E-state index in [1.54, 1.807) is 7.11 Å². The highest BCUT2D eigenvalue weighted by molar-refractivity contribution is 9.09. The molecule has 3 atom stereocenters. The lowest BCUT2D eigenvalue weighted by Gasteiger charge is -2.41. The molecule has 0 aliphatic heterocycles. The van der Waals surface area contributed by atoms with Crippen LogP contribution in [0.4, 0.5) is 0 Å². The number of halogens is 1. The monoisotopic (exact) mass is 356 g/mol. The normalized spacial score (nSPS) is 25.0. The smallest absolute Gasteiger partial charge is 0.127 e. The fourth-order valence-corrected chi connectivity index (χ4v) is 3.37. The highest BCUT2D eigenvalue weighted by Gasteiger charge is 2.42. The van der Waals surface area contributed by atoms with E-state index in [0.29, 0.717) is 24.0 Å². The number of methoxy groups -OCH3 is 1. The van der Waals surface area contributed by atoms with Gasteiger partial charge in [0.2, 0.25) is 0 Å². The standard InChI is InChI=1S/C17H25BrO3/c1-11(2)13-6-5-12(3)9-15(13)21-16-10-14(18)17(16)20-8-7-19-4/h5-6,9,11,14,16-17H,7-8,10H2,1-4H3. The van der Waals surface area contributed by atoms with Crippen molar-refractivity contribution >= 4 is 15.9 Å². The third kappa shape index (κ3) is 4.21. The molecule has 1 saturated carbocycles. The first-order valence-corrected chi connectivity index (χ1v) is 8.46. The molecule has 0 amide bonds. The maximum Gasteiger partial charge on any atom is 0.127 e. The average molecular weight is 357 g/mol. The van der Waals surface area contributed by atoms with Crippen molar-refractivity contribution in [3.63, 3.8) is 0 Å². The number of hydrogen-bond acceptors (Lipinski definition) is 3. The first kappa shape index (κ1) is 16.8. The number of hydrogen-bond donors (Lipinski definition) is 0. The van der Waals surface area contributed by atoms with Gasteiger partial charge in [0.25, 0.3) is 0 Å². The molecule has 0 N–H and O–H groups in total. The van der Waals surface area contributed by atoms with Gasteiger partial charge in [-0.2, -0.15) is 0 Å². The lowest BCUT2D eigenvalue weighted by Crippen LogP contribution is -2.52. The van der Waals surface area contributed by atoms with Crippen LogP contribution in [-0.2, 0) is 9.47 Å². The predicted octanol–water partition coefficient (Wildman–Crippen LogP) is 4.06. The van der Waals surface area contributed by atoms with E-state index in [1.165, 1.54) is 11.1 Å². The fraction of sp³-hybridized carbons (Fsp3) is 0.647. The van der Waals surface area contributed by atoms with Crippen LogP contribution in [-0.4, -0.2) is 37.4 Å². The minimum Gasteiger partial charge on any atom is -0.487 e. The van der Waals surface area contributed by atoms with Gasteiger partial charge in [0, 0.05) is 18.4 Å². The van der Waals surface area contributed by atoms with Crippen molar-refractivity contribution in [3.8, 4) is 5.75 Å². The van der Waals surface area contributed by atoms with Crippen LogP contribution >= 0.6 is 15.9 Å². The Morgan fingerprint density at radius 1 is 1.29 bits per heavy atom. The highest BCUT2D eigenvalue weighted by Crippen LogP contribution is 2.36. The Morgan fingerprint density at radius 2 is 2.05 bits per heavy atom. The molecule has 1 fully saturated rings. The summed E-state index contributed by atoms with van der Waals surface area (Å²) < 4.78 is 17.1. The molecule has 0 radical (unpaired) electrons. The first-order valence-electron chi connectivity index (χ1n) is 7.54. The van der Waals surface area contributed by atoms with Crippen molar-refractivity contribution < 1.29 is 14.2 Å². The summed E-state index contributed by atoms with van der Waals surface area (Å²) in [5.74, 6) is 1.45. The SMILES string of the molecule is COCCOC1C(Br)CC1Oc1cc(C)ccc1C(C)C. The third-order valence-corrected chi connectivity index (χ3v) is 4.74.